The van der Waals surface area contributed by atoms with Crippen LogP contribution in [0.25, 0.3) is 0 Å². The lowest BCUT2D eigenvalue weighted by molar-refractivity contribution is 0.0983. The number of hydrogen-bond donors (Lipinski definition) is 1. The van der Waals surface area contributed by atoms with Crippen molar-refractivity contribution >= 4 is 11.6 Å². The van der Waals surface area contributed by atoms with E-state index in [0.29, 0.717) is 12.2 Å². The summed E-state index contributed by atoms with van der Waals surface area (Å²) < 4.78 is 1.69. The highest BCUT2D eigenvalue weighted by Crippen LogP contribution is 2.19. The van der Waals surface area contributed by atoms with Crippen LogP contribution in [0.2, 0.25) is 0 Å². The van der Waals surface area contributed by atoms with Crippen LogP contribution in [-0.2, 0) is 6.54 Å². The van der Waals surface area contributed by atoms with E-state index >= 15 is 0 Å². The Kier molecular flexibility index (Phi) is 3.55. The van der Waals surface area contributed by atoms with E-state index in [1.54, 1.807) is 47.0 Å². The monoisotopic (exact) mass is 259 g/mol. The fourth-order valence-corrected chi connectivity index (χ4v) is 1.92. The van der Waals surface area contributed by atoms with E-state index in [1.165, 1.54) is 0 Å². The smallest absolute Gasteiger partial charge is 0.276 e. The molecule has 19 heavy (non-hydrogen) atoms. The number of anilines is 1. The quantitative estimate of drug-likeness (QED) is 0.919. The van der Waals surface area contributed by atoms with Crippen molar-refractivity contribution < 1.29 is 9.90 Å². The molecule has 2 aromatic rings. The third-order valence-electron chi connectivity index (χ3n) is 2.96. The number of aromatic hydroxyl groups is 1. The summed E-state index contributed by atoms with van der Waals surface area (Å²) in [6, 6.07) is 8.30. The molecular formula is C14H17N3O2. The van der Waals surface area contributed by atoms with E-state index in [9.17, 15) is 9.90 Å². The van der Waals surface area contributed by atoms with Gasteiger partial charge in [0, 0.05) is 19.3 Å². The minimum atomic E-state index is -0.117. The van der Waals surface area contributed by atoms with Crippen molar-refractivity contribution in [1.82, 2.24) is 9.78 Å². The zero-order chi connectivity index (χ0) is 14.0. The van der Waals surface area contributed by atoms with Gasteiger partial charge in [0.2, 0.25) is 0 Å². The van der Waals surface area contributed by atoms with Gasteiger partial charge in [-0.1, -0.05) is 0 Å². The maximum atomic E-state index is 12.4. The summed E-state index contributed by atoms with van der Waals surface area (Å²) in [6.45, 7) is 4.46. The highest BCUT2D eigenvalue weighted by molar-refractivity contribution is 6.04. The topological polar surface area (TPSA) is 58.4 Å². The lowest BCUT2D eigenvalue weighted by Crippen LogP contribution is -2.28. The maximum absolute atomic E-state index is 12.4. The molecule has 5 heteroatoms. The molecule has 2 rings (SSSR count). The Morgan fingerprint density at radius 3 is 2.58 bits per heavy atom. The number of aryl methyl sites for hydroxylation is 2. The molecule has 0 atom stereocenters. The summed E-state index contributed by atoms with van der Waals surface area (Å²) in [6.07, 6.45) is 0. The van der Waals surface area contributed by atoms with Crippen LogP contribution in [0.5, 0.6) is 5.75 Å². The van der Waals surface area contributed by atoms with Crippen LogP contribution in [0.4, 0.5) is 5.69 Å². The van der Waals surface area contributed by atoms with Crippen molar-refractivity contribution in [3.63, 3.8) is 0 Å². The minimum absolute atomic E-state index is 0.117. The molecule has 0 saturated carbocycles. The van der Waals surface area contributed by atoms with Crippen molar-refractivity contribution in [3.8, 4) is 5.75 Å². The summed E-state index contributed by atoms with van der Waals surface area (Å²) >= 11 is 0. The molecule has 1 aromatic heterocycles. The number of amides is 1. The van der Waals surface area contributed by atoms with Crippen molar-refractivity contribution in [1.29, 1.82) is 0 Å². The molecule has 0 unspecified atom stereocenters. The predicted octanol–water partition coefficient (Wildman–Crippen LogP) is 2.19. The first-order chi connectivity index (χ1) is 9.02. The van der Waals surface area contributed by atoms with Gasteiger partial charge in [-0.25, -0.2) is 0 Å². The molecule has 1 aromatic carbocycles. The summed E-state index contributed by atoms with van der Waals surface area (Å²) in [4.78, 5) is 14.0. The molecule has 1 heterocycles. The normalized spacial score (nSPS) is 10.5. The summed E-state index contributed by atoms with van der Waals surface area (Å²) in [5.74, 6) is 0.0622. The van der Waals surface area contributed by atoms with Gasteiger partial charge in [-0.3, -0.25) is 9.48 Å². The van der Waals surface area contributed by atoms with Crippen molar-refractivity contribution in [3.05, 3.63) is 41.7 Å². The number of nitrogens with zero attached hydrogens (tertiary/aromatic N) is 3. The molecule has 0 aliphatic rings. The SMILES string of the molecule is CCn1nc(C)cc1C(=O)N(C)c1ccc(O)cc1. The first kappa shape index (κ1) is 13.1. The predicted molar refractivity (Wildman–Crippen MR) is 73.5 cm³/mol. The second-order valence-electron chi connectivity index (χ2n) is 4.37. The number of benzene rings is 1. The summed E-state index contributed by atoms with van der Waals surface area (Å²) in [7, 11) is 1.71. The molecule has 0 saturated heterocycles. The van der Waals surface area contributed by atoms with E-state index in [0.717, 1.165) is 11.4 Å². The number of rotatable bonds is 3. The Balaban J connectivity index is 2.30. The Morgan fingerprint density at radius 1 is 1.37 bits per heavy atom. The molecule has 0 bridgehead atoms. The highest BCUT2D eigenvalue weighted by atomic mass is 16.3. The number of phenols is 1. The van der Waals surface area contributed by atoms with Crippen LogP contribution in [-0.4, -0.2) is 27.8 Å². The number of aromatic nitrogens is 2. The van der Waals surface area contributed by atoms with Crippen LogP contribution in [0.1, 0.15) is 23.1 Å². The molecule has 0 fully saturated rings. The second-order valence-corrected chi connectivity index (χ2v) is 4.37. The molecule has 5 nitrogen and oxygen atoms in total. The van der Waals surface area contributed by atoms with Gasteiger partial charge in [0.05, 0.1) is 5.69 Å². The fraction of sp³-hybridized carbons (Fsp3) is 0.286. The van der Waals surface area contributed by atoms with Gasteiger partial charge in [-0.05, 0) is 44.2 Å². The molecular weight excluding hydrogens is 242 g/mol. The van der Waals surface area contributed by atoms with Crippen LogP contribution in [0.3, 0.4) is 0 Å². The van der Waals surface area contributed by atoms with Crippen molar-refractivity contribution in [2.45, 2.75) is 20.4 Å². The Hall–Kier alpha value is -2.30. The van der Waals surface area contributed by atoms with E-state index in [2.05, 4.69) is 5.10 Å². The van der Waals surface area contributed by atoms with E-state index in [4.69, 9.17) is 0 Å². The Morgan fingerprint density at radius 2 is 2.00 bits per heavy atom. The average Bonchev–Trinajstić information content (AvgIpc) is 2.79. The van der Waals surface area contributed by atoms with E-state index < -0.39 is 0 Å². The largest absolute Gasteiger partial charge is 0.508 e. The summed E-state index contributed by atoms with van der Waals surface area (Å²) in [5.41, 5.74) is 2.11. The van der Waals surface area contributed by atoms with Crippen LogP contribution < -0.4 is 4.90 Å². The van der Waals surface area contributed by atoms with Crippen molar-refractivity contribution in [2.75, 3.05) is 11.9 Å². The first-order valence-corrected chi connectivity index (χ1v) is 6.14. The lowest BCUT2D eigenvalue weighted by atomic mass is 10.2. The van der Waals surface area contributed by atoms with Gasteiger partial charge in [0.25, 0.3) is 5.91 Å². The highest BCUT2D eigenvalue weighted by Gasteiger charge is 2.18. The van der Waals surface area contributed by atoms with Gasteiger partial charge in [0.15, 0.2) is 0 Å². The average molecular weight is 259 g/mol. The van der Waals surface area contributed by atoms with Gasteiger partial charge in [-0.2, -0.15) is 5.10 Å². The first-order valence-electron chi connectivity index (χ1n) is 6.14. The zero-order valence-electron chi connectivity index (χ0n) is 11.3. The van der Waals surface area contributed by atoms with E-state index in [-0.39, 0.29) is 11.7 Å². The van der Waals surface area contributed by atoms with Crippen LogP contribution in [0.15, 0.2) is 30.3 Å². The third-order valence-corrected chi connectivity index (χ3v) is 2.96. The Labute approximate surface area is 112 Å². The number of phenolic OH excluding ortho intramolecular Hbond substituents is 1. The number of carbonyl (C=O) groups is 1. The molecule has 100 valence electrons. The molecule has 1 N–H and O–H groups in total. The molecule has 0 spiro atoms. The molecule has 0 radical (unpaired) electrons. The van der Waals surface area contributed by atoms with Gasteiger partial charge < -0.3 is 10.0 Å². The molecule has 1 amide bonds. The second kappa shape index (κ2) is 5.14. The summed E-state index contributed by atoms with van der Waals surface area (Å²) in [5, 5.41) is 13.5. The minimum Gasteiger partial charge on any atom is -0.508 e. The van der Waals surface area contributed by atoms with E-state index in [1.807, 2.05) is 13.8 Å². The van der Waals surface area contributed by atoms with Crippen molar-refractivity contribution in [2.24, 2.45) is 0 Å². The van der Waals surface area contributed by atoms with Gasteiger partial charge in [-0.15, -0.1) is 0 Å². The number of hydrogen-bond acceptors (Lipinski definition) is 3. The fourth-order valence-electron chi connectivity index (χ4n) is 1.92. The zero-order valence-corrected chi connectivity index (χ0v) is 11.3. The number of carbonyl (C=O) groups excluding carboxylic acids is 1. The molecule has 0 aliphatic carbocycles. The lowest BCUT2D eigenvalue weighted by Gasteiger charge is -2.17. The van der Waals surface area contributed by atoms with Crippen LogP contribution >= 0.6 is 0 Å². The Bertz CT molecular complexity index is 587. The maximum Gasteiger partial charge on any atom is 0.276 e. The van der Waals surface area contributed by atoms with Gasteiger partial charge in [0.1, 0.15) is 11.4 Å². The van der Waals surface area contributed by atoms with Gasteiger partial charge >= 0.3 is 0 Å². The standard InChI is InChI=1S/C14H17N3O2/c1-4-17-13(9-10(2)15-17)14(19)16(3)11-5-7-12(18)8-6-11/h5-9,18H,4H2,1-3H3. The molecule has 0 aliphatic heterocycles. The van der Waals surface area contributed by atoms with Crippen LogP contribution in [0, 0.1) is 6.92 Å². The third kappa shape index (κ3) is 2.59.